The van der Waals surface area contributed by atoms with E-state index in [1.165, 1.54) is 12.8 Å². The summed E-state index contributed by atoms with van der Waals surface area (Å²) in [5.41, 5.74) is 0. The van der Waals surface area contributed by atoms with Crippen molar-refractivity contribution in [2.75, 3.05) is 5.88 Å². The second kappa shape index (κ2) is 4.85. The van der Waals surface area contributed by atoms with Crippen LogP contribution in [0.3, 0.4) is 0 Å². The van der Waals surface area contributed by atoms with Crippen molar-refractivity contribution in [2.45, 2.75) is 39.2 Å². The monoisotopic (exact) mass is 203 g/mol. The Hall–Kier alpha value is -0.240. The van der Waals surface area contributed by atoms with E-state index in [0.717, 1.165) is 12.3 Å². The first-order valence-electron chi connectivity index (χ1n) is 5.00. The van der Waals surface area contributed by atoms with E-state index in [2.05, 4.69) is 19.2 Å². The van der Waals surface area contributed by atoms with Crippen molar-refractivity contribution in [1.29, 1.82) is 0 Å². The highest BCUT2D eigenvalue weighted by Crippen LogP contribution is 2.29. The Kier molecular flexibility index (Phi) is 4.04. The van der Waals surface area contributed by atoms with E-state index < -0.39 is 0 Å². The average molecular weight is 204 g/mol. The maximum Gasteiger partial charge on any atom is 0.235 e. The van der Waals surface area contributed by atoms with Crippen LogP contribution in [-0.2, 0) is 4.79 Å². The van der Waals surface area contributed by atoms with Crippen molar-refractivity contribution in [3.05, 3.63) is 0 Å². The highest BCUT2D eigenvalue weighted by atomic mass is 35.5. The highest BCUT2D eigenvalue weighted by Gasteiger charge is 2.27. The lowest BCUT2D eigenvalue weighted by molar-refractivity contribution is -0.120. The Morgan fingerprint density at radius 2 is 2.15 bits per heavy atom. The Morgan fingerprint density at radius 1 is 1.46 bits per heavy atom. The third-order valence-electron chi connectivity index (χ3n) is 3.17. The summed E-state index contributed by atoms with van der Waals surface area (Å²) in [5.74, 6) is 1.35. The molecule has 0 heterocycles. The Labute approximate surface area is 85.0 Å². The molecule has 0 aromatic carbocycles. The molecule has 0 aromatic heterocycles. The topological polar surface area (TPSA) is 29.1 Å². The van der Waals surface area contributed by atoms with Crippen LogP contribution in [0, 0.1) is 11.8 Å². The van der Waals surface area contributed by atoms with Gasteiger partial charge in [-0.2, -0.15) is 0 Å². The summed E-state index contributed by atoms with van der Waals surface area (Å²) in [7, 11) is 0. The molecule has 0 bridgehead atoms. The van der Waals surface area contributed by atoms with Gasteiger partial charge in [0.2, 0.25) is 5.91 Å². The quantitative estimate of drug-likeness (QED) is 0.685. The maximum atomic E-state index is 11.1. The van der Waals surface area contributed by atoms with Crippen molar-refractivity contribution in [3.63, 3.8) is 0 Å². The first-order valence-corrected chi connectivity index (χ1v) is 5.54. The standard InChI is InChI=1S/C10H18ClNO/c1-7-4-3-5-9(8(7)2)12-10(13)6-11/h7-9H,3-6H2,1-2H3,(H,12,13)/t7-,8-,9-/m1/s1. The smallest absolute Gasteiger partial charge is 0.235 e. The van der Waals surface area contributed by atoms with Crippen LogP contribution in [0.2, 0.25) is 0 Å². The van der Waals surface area contributed by atoms with Crippen LogP contribution in [0.15, 0.2) is 0 Å². The summed E-state index contributed by atoms with van der Waals surface area (Å²) in [5, 5.41) is 2.98. The van der Waals surface area contributed by atoms with Crippen LogP contribution < -0.4 is 5.32 Å². The Balaban J connectivity index is 2.43. The van der Waals surface area contributed by atoms with Crippen molar-refractivity contribution < 1.29 is 4.79 Å². The van der Waals surface area contributed by atoms with Gasteiger partial charge in [0.15, 0.2) is 0 Å². The van der Waals surface area contributed by atoms with E-state index in [1.807, 2.05) is 0 Å². The van der Waals surface area contributed by atoms with E-state index in [1.54, 1.807) is 0 Å². The molecule has 0 aliphatic heterocycles. The Morgan fingerprint density at radius 3 is 2.77 bits per heavy atom. The molecule has 0 spiro atoms. The molecular weight excluding hydrogens is 186 g/mol. The minimum absolute atomic E-state index is 0.0346. The van der Waals surface area contributed by atoms with Crippen LogP contribution in [0.5, 0.6) is 0 Å². The normalized spacial score (nSPS) is 34.2. The second-order valence-corrected chi connectivity index (χ2v) is 4.34. The highest BCUT2D eigenvalue weighted by molar-refractivity contribution is 6.27. The molecule has 1 aliphatic rings. The van der Waals surface area contributed by atoms with Gasteiger partial charge in [-0.15, -0.1) is 11.6 Å². The molecule has 3 heteroatoms. The number of carbonyl (C=O) groups is 1. The summed E-state index contributed by atoms with van der Waals surface area (Å²) >= 11 is 5.44. The molecule has 1 N–H and O–H groups in total. The molecule has 0 aromatic rings. The van der Waals surface area contributed by atoms with Gasteiger partial charge in [0.1, 0.15) is 5.88 Å². The zero-order valence-corrected chi connectivity index (χ0v) is 9.10. The molecule has 3 atom stereocenters. The van der Waals surface area contributed by atoms with Gasteiger partial charge in [-0.3, -0.25) is 4.79 Å². The van der Waals surface area contributed by atoms with Crippen molar-refractivity contribution in [3.8, 4) is 0 Å². The summed E-state index contributed by atoms with van der Waals surface area (Å²) < 4.78 is 0. The zero-order valence-electron chi connectivity index (χ0n) is 8.35. The number of nitrogens with one attached hydrogen (secondary N) is 1. The fraction of sp³-hybridized carbons (Fsp3) is 0.900. The van der Waals surface area contributed by atoms with Crippen molar-refractivity contribution in [2.24, 2.45) is 11.8 Å². The van der Waals surface area contributed by atoms with Gasteiger partial charge in [0.25, 0.3) is 0 Å². The molecule has 0 radical (unpaired) electrons. The van der Waals surface area contributed by atoms with Crippen molar-refractivity contribution in [1.82, 2.24) is 5.32 Å². The SMILES string of the molecule is C[C@@H]1[C@H](C)CCC[C@H]1NC(=O)CCl. The van der Waals surface area contributed by atoms with Gasteiger partial charge in [-0.1, -0.05) is 26.7 Å². The first kappa shape index (κ1) is 10.8. The third-order valence-corrected chi connectivity index (χ3v) is 3.42. The molecule has 0 unspecified atom stereocenters. The zero-order chi connectivity index (χ0) is 9.84. The first-order chi connectivity index (χ1) is 6.15. The van der Waals surface area contributed by atoms with Crippen LogP contribution in [0.4, 0.5) is 0 Å². The van der Waals surface area contributed by atoms with Gasteiger partial charge in [0, 0.05) is 6.04 Å². The minimum Gasteiger partial charge on any atom is -0.352 e. The number of hydrogen-bond donors (Lipinski definition) is 1. The predicted molar refractivity (Wildman–Crippen MR) is 54.8 cm³/mol. The van der Waals surface area contributed by atoms with Crippen LogP contribution in [-0.4, -0.2) is 17.8 Å². The van der Waals surface area contributed by atoms with Gasteiger partial charge in [0.05, 0.1) is 0 Å². The second-order valence-electron chi connectivity index (χ2n) is 4.07. The molecule has 1 rings (SSSR count). The summed E-state index contributed by atoms with van der Waals surface area (Å²) in [6.45, 7) is 4.46. The number of alkyl halides is 1. The largest absolute Gasteiger partial charge is 0.352 e. The van der Waals surface area contributed by atoms with Crippen LogP contribution >= 0.6 is 11.6 Å². The van der Waals surface area contributed by atoms with Gasteiger partial charge in [-0.05, 0) is 18.3 Å². The average Bonchev–Trinajstić information content (AvgIpc) is 2.13. The lowest BCUT2D eigenvalue weighted by Gasteiger charge is -2.34. The number of halogens is 1. The van der Waals surface area contributed by atoms with Crippen molar-refractivity contribution >= 4 is 17.5 Å². The molecular formula is C10H18ClNO. The molecule has 2 nitrogen and oxygen atoms in total. The molecule has 13 heavy (non-hydrogen) atoms. The molecule has 1 saturated carbocycles. The van der Waals surface area contributed by atoms with E-state index in [9.17, 15) is 4.79 Å². The fourth-order valence-corrected chi connectivity index (χ4v) is 2.11. The molecule has 1 aliphatic carbocycles. The summed E-state index contributed by atoms with van der Waals surface area (Å²) in [6.07, 6.45) is 3.61. The van der Waals surface area contributed by atoms with Crippen LogP contribution in [0.25, 0.3) is 0 Å². The summed E-state index contributed by atoms with van der Waals surface area (Å²) in [4.78, 5) is 11.1. The molecule has 1 fully saturated rings. The van der Waals surface area contributed by atoms with Gasteiger partial charge < -0.3 is 5.32 Å². The predicted octanol–water partition coefficient (Wildman–Crippen LogP) is 2.17. The number of amides is 1. The number of hydrogen-bond acceptors (Lipinski definition) is 1. The third kappa shape index (κ3) is 2.87. The lowest BCUT2D eigenvalue weighted by Crippen LogP contribution is -2.44. The Bertz CT molecular complexity index is 184. The van der Waals surface area contributed by atoms with Crippen LogP contribution in [0.1, 0.15) is 33.1 Å². The van der Waals surface area contributed by atoms with Gasteiger partial charge in [-0.25, -0.2) is 0 Å². The molecule has 76 valence electrons. The van der Waals surface area contributed by atoms with E-state index in [0.29, 0.717) is 12.0 Å². The van der Waals surface area contributed by atoms with E-state index in [-0.39, 0.29) is 11.8 Å². The maximum absolute atomic E-state index is 11.1. The molecule has 0 saturated heterocycles. The van der Waals surface area contributed by atoms with E-state index in [4.69, 9.17) is 11.6 Å². The fourth-order valence-electron chi connectivity index (χ4n) is 2.03. The lowest BCUT2D eigenvalue weighted by atomic mass is 9.78. The number of rotatable bonds is 2. The van der Waals surface area contributed by atoms with Gasteiger partial charge >= 0.3 is 0 Å². The molecule has 1 amide bonds. The summed E-state index contributed by atoms with van der Waals surface area (Å²) in [6, 6.07) is 0.343. The van der Waals surface area contributed by atoms with E-state index >= 15 is 0 Å². The minimum atomic E-state index is -0.0346. The number of carbonyl (C=O) groups excluding carboxylic acids is 1.